The van der Waals surface area contributed by atoms with Crippen LogP contribution in [0, 0.1) is 20.2 Å². The van der Waals surface area contributed by atoms with Crippen molar-refractivity contribution in [3.63, 3.8) is 0 Å². The molecule has 0 saturated carbocycles. The van der Waals surface area contributed by atoms with Gasteiger partial charge in [0.1, 0.15) is 0 Å². The van der Waals surface area contributed by atoms with Gasteiger partial charge in [-0.3, -0.25) is 0 Å². The van der Waals surface area contributed by atoms with Crippen LogP contribution in [0.25, 0.3) is 0 Å². The first-order chi connectivity index (χ1) is 3.46. The molecule has 10 nitrogen and oxygen atoms in total. The Morgan fingerprint density at radius 2 is 0.769 bits per heavy atom. The van der Waals surface area contributed by atoms with Crippen molar-refractivity contribution in [2.45, 2.75) is 0 Å². The van der Waals surface area contributed by atoms with Crippen molar-refractivity contribution in [1.82, 2.24) is 0 Å². The number of hydrogen-bond donors (Lipinski definition) is 2. The summed E-state index contributed by atoms with van der Waals surface area (Å²) < 4.78 is 0. The SMILES string of the molecule is O=[N+]([O-])O.O=[N+]([O-])O.[Ba+2].[Ba+2].[Ba+2].[O-2].[O-2]. The fraction of sp³-hybridized carbons (Fsp3) is 0. The maximum atomic E-state index is 8.36. The fourth-order valence-corrected chi connectivity index (χ4v) is 0. The second-order valence-electron chi connectivity index (χ2n) is 0.476. The Hall–Kier alpha value is 3.03. The summed E-state index contributed by atoms with van der Waals surface area (Å²) in [5.74, 6) is 0. The van der Waals surface area contributed by atoms with Crippen molar-refractivity contribution < 1.29 is 31.5 Å². The van der Waals surface area contributed by atoms with Gasteiger partial charge in [-0.15, -0.1) is 20.2 Å². The molecule has 0 fully saturated rings. The number of nitrogens with zero attached hydrogens (tertiary/aromatic N) is 2. The van der Waals surface area contributed by atoms with Crippen LogP contribution in [0.3, 0.4) is 0 Å². The molecule has 0 aromatic heterocycles. The van der Waals surface area contributed by atoms with Gasteiger partial charge in [0, 0.05) is 0 Å². The maximum Gasteiger partial charge on any atom is 2.00 e. The molecule has 0 amide bonds. The molecule has 13 heteroatoms. The Balaban J connectivity index is -0.00000000800. The van der Waals surface area contributed by atoms with Gasteiger partial charge in [-0.05, 0) is 0 Å². The molecule has 0 saturated heterocycles. The van der Waals surface area contributed by atoms with Crippen molar-refractivity contribution in [1.29, 1.82) is 0 Å². The predicted octanol–water partition coefficient (Wildman–Crippen LogP) is -2.08. The molecule has 0 aliphatic carbocycles. The topological polar surface area (TPSA) is 184 Å². The van der Waals surface area contributed by atoms with E-state index in [1.165, 1.54) is 0 Å². The molecule has 0 spiro atoms. The Morgan fingerprint density at radius 3 is 0.769 bits per heavy atom. The van der Waals surface area contributed by atoms with Gasteiger partial charge in [-0.1, -0.05) is 0 Å². The van der Waals surface area contributed by atoms with E-state index in [0.29, 0.717) is 0 Å². The molecule has 0 radical (unpaired) electrons. The summed E-state index contributed by atoms with van der Waals surface area (Å²) in [6, 6.07) is 0. The van der Waals surface area contributed by atoms with Crippen molar-refractivity contribution in [3.8, 4) is 0 Å². The Morgan fingerprint density at radius 1 is 0.769 bits per heavy atom. The van der Waals surface area contributed by atoms with Crippen LogP contribution in [0.2, 0.25) is 0 Å². The molecule has 0 aromatic rings. The maximum absolute atomic E-state index is 8.36. The molecule has 0 heterocycles. The van der Waals surface area contributed by atoms with Gasteiger partial charge in [0.25, 0.3) is 10.2 Å². The molecular formula is H2Ba3N2O8+2. The van der Waals surface area contributed by atoms with E-state index >= 15 is 0 Å². The van der Waals surface area contributed by atoms with Gasteiger partial charge in [0.15, 0.2) is 0 Å². The van der Waals surface area contributed by atoms with Gasteiger partial charge in [0.05, 0.1) is 0 Å². The van der Waals surface area contributed by atoms with Crippen molar-refractivity contribution in [2.24, 2.45) is 0 Å². The normalized spacial score (nSPS) is 3.69. The quantitative estimate of drug-likeness (QED) is 0.192. The number of hydrogen-bond acceptors (Lipinski definition) is 4. The third-order valence-electron chi connectivity index (χ3n) is 0. The fourth-order valence-electron chi connectivity index (χ4n) is 0. The zero-order valence-corrected chi connectivity index (χ0v) is 19.7. The summed E-state index contributed by atoms with van der Waals surface area (Å²) in [7, 11) is 0. The van der Waals surface area contributed by atoms with E-state index in [1.807, 2.05) is 0 Å². The van der Waals surface area contributed by atoms with Crippen molar-refractivity contribution in [3.05, 3.63) is 20.2 Å². The zero-order chi connectivity index (χ0) is 7.15. The zero-order valence-electron chi connectivity index (χ0n) is 6.36. The van der Waals surface area contributed by atoms with Crippen LogP contribution in [0.5, 0.6) is 0 Å². The standard InChI is InChI=1S/3Ba.2HNO3.2O/c;;;2*2-1(3)4;;/h;;;2*(H,2,3,4);;/q3*+2;;;2*-2. The van der Waals surface area contributed by atoms with E-state index in [0.717, 1.165) is 0 Å². The summed E-state index contributed by atoms with van der Waals surface area (Å²) in [6.45, 7) is 0. The first-order valence-electron chi connectivity index (χ1n) is 1.13. The molecular weight excluding hydrogens is 568 g/mol. The Labute approximate surface area is 193 Å². The van der Waals surface area contributed by atoms with Gasteiger partial charge in [0.2, 0.25) is 0 Å². The van der Waals surface area contributed by atoms with Crippen molar-refractivity contribution >= 4 is 147 Å². The third kappa shape index (κ3) is 277. The molecule has 0 unspecified atom stereocenters. The van der Waals surface area contributed by atoms with Crippen LogP contribution in [0.15, 0.2) is 0 Å². The second kappa shape index (κ2) is 36.3. The molecule has 2 N–H and O–H groups in total. The number of rotatable bonds is 0. The largest absolute Gasteiger partial charge is 2.00 e. The monoisotopic (exact) mass is 572 g/mol. The average Bonchev–Trinajstić information content (AvgIpc) is 1.25. The summed E-state index contributed by atoms with van der Waals surface area (Å²) in [4.78, 5) is 16.7. The van der Waals surface area contributed by atoms with Gasteiger partial charge >= 0.3 is 147 Å². The molecule has 0 atom stereocenters. The molecule has 0 rings (SSSR count). The molecule has 64 valence electrons. The van der Waals surface area contributed by atoms with E-state index in [2.05, 4.69) is 0 Å². The summed E-state index contributed by atoms with van der Waals surface area (Å²) in [5, 5.41) is 27.3. The van der Waals surface area contributed by atoms with Crippen molar-refractivity contribution in [2.75, 3.05) is 0 Å². The minimum Gasteiger partial charge on any atom is -2.00 e. The summed E-state index contributed by atoms with van der Waals surface area (Å²) in [6.07, 6.45) is 0. The third-order valence-corrected chi connectivity index (χ3v) is 0. The van der Waals surface area contributed by atoms with Gasteiger partial charge in [-0.25, -0.2) is 0 Å². The molecule has 0 aliphatic rings. The first kappa shape index (κ1) is 44.4. The average molecular weight is 570 g/mol. The van der Waals surface area contributed by atoms with Crippen LogP contribution >= 0.6 is 0 Å². The Bertz CT molecular complexity index is 75.4. The van der Waals surface area contributed by atoms with Crippen LogP contribution < -0.4 is 0 Å². The molecule has 13 heavy (non-hydrogen) atoms. The predicted molar refractivity (Wildman–Crippen MR) is 36.2 cm³/mol. The molecule has 0 aliphatic heterocycles. The van der Waals surface area contributed by atoms with E-state index in [1.54, 1.807) is 0 Å². The summed E-state index contributed by atoms with van der Waals surface area (Å²) >= 11 is 0. The molecule has 0 aromatic carbocycles. The van der Waals surface area contributed by atoms with E-state index in [-0.39, 0.29) is 158 Å². The first-order valence-corrected chi connectivity index (χ1v) is 1.13. The van der Waals surface area contributed by atoms with E-state index < -0.39 is 10.2 Å². The second-order valence-corrected chi connectivity index (χ2v) is 0.476. The van der Waals surface area contributed by atoms with E-state index in [4.69, 9.17) is 30.6 Å². The van der Waals surface area contributed by atoms with Crippen LogP contribution in [-0.4, -0.2) is 167 Å². The molecule has 0 bridgehead atoms. The summed E-state index contributed by atoms with van der Waals surface area (Å²) in [5.41, 5.74) is 0. The van der Waals surface area contributed by atoms with Crippen LogP contribution in [-0.2, 0) is 11.0 Å². The smallest absolute Gasteiger partial charge is 2.00 e. The van der Waals surface area contributed by atoms with Gasteiger partial charge < -0.3 is 21.4 Å². The van der Waals surface area contributed by atoms with E-state index in [9.17, 15) is 0 Å². The minimum absolute atomic E-state index is 0. The minimum atomic E-state index is -1.50. The Kier molecular flexibility index (Phi) is 124. The van der Waals surface area contributed by atoms with Gasteiger partial charge in [-0.2, -0.15) is 0 Å². The van der Waals surface area contributed by atoms with Crippen LogP contribution in [0.4, 0.5) is 0 Å². The van der Waals surface area contributed by atoms with Crippen LogP contribution in [0.1, 0.15) is 0 Å².